The Balaban J connectivity index is 1.49. The van der Waals surface area contributed by atoms with Gasteiger partial charge in [0.25, 0.3) is 0 Å². The van der Waals surface area contributed by atoms with Gasteiger partial charge in [0, 0.05) is 3.57 Å². The van der Waals surface area contributed by atoms with Gasteiger partial charge < -0.3 is 4.74 Å². The standard InChI is InChI=1S/C25H14I3O3S2/c26-16-13-18(27)24(19(28)14-16)31-25(29)15-9-11-17(12-10-15)32-20-5-1-3-7-22(20)33(30)23-8-4-2-6-21(23)32/h1-14H/q+1. The maximum Gasteiger partial charge on any atom is 0.343 e. The van der Waals surface area contributed by atoms with E-state index in [0.717, 1.165) is 35.2 Å². The predicted molar refractivity (Wildman–Crippen MR) is 156 cm³/mol. The highest BCUT2D eigenvalue weighted by molar-refractivity contribution is 14.1. The molecule has 8 heteroatoms. The second kappa shape index (κ2) is 9.96. The van der Waals surface area contributed by atoms with Crippen LogP contribution in [0.25, 0.3) is 0 Å². The quantitative estimate of drug-likeness (QED) is 0.0833. The highest BCUT2D eigenvalue weighted by Crippen LogP contribution is 2.43. The summed E-state index contributed by atoms with van der Waals surface area (Å²) >= 11 is 6.63. The summed E-state index contributed by atoms with van der Waals surface area (Å²) in [5.41, 5.74) is 0.495. The summed E-state index contributed by atoms with van der Waals surface area (Å²) in [6, 6.07) is 27.4. The van der Waals surface area contributed by atoms with Crippen LogP contribution in [0.1, 0.15) is 10.4 Å². The normalized spacial score (nSPS) is 16.6. The fourth-order valence-corrected chi connectivity index (χ4v) is 11.6. The van der Waals surface area contributed by atoms with Gasteiger partial charge in [-0.1, -0.05) is 24.3 Å². The third-order valence-corrected chi connectivity index (χ3v) is 11.4. The zero-order chi connectivity index (χ0) is 23.1. The molecule has 0 saturated carbocycles. The number of ether oxygens (including phenoxy) is 1. The molecule has 1 heterocycles. The number of carbonyl (C=O) groups is 1. The average Bonchev–Trinajstić information content (AvgIpc) is 2.82. The van der Waals surface area contributed by atoms with Crippen LogP contribution in [-0.2, 0) is 21.7 Å². The number of benzene rings is 4. The molecule has 0 spiro atoms. The van der Waals surface area contributed by atoms with Crippen molar-refractivity contribution in [3.8, 4) is 5.75 Å². The van der Waals surface area contributed by atoms with E-state index >= 15 is 0 Å². The minimum Gasteiger partial charge on any atom is -0.421 e. The highest BCUT2D eigenvalue weighted by Gasteiger charge is 2.40. The molecule has 0 bridgehead atoms. The second-order valence-corrected chi connectivity index (χ2v) is 14.0. The summed E-state index contributed by atoms with van der Waals surface area (Å²) < 4.78 is 21.8. The van der Waals surface area contributed by atoms with Crippen LogP contribution >= 0.6 is 67.8 Å². The molecular weight excluding hydrogens is 793 g/mol. The van der Waals surface area contributed by atoms with Crippen LogP contribution in [-0.4, -0.2) is 10.2 Å². The number of carbonyl (C=O) groups excluding carboxylic acids is 1. The number of halogens is 3. The summed E-state index contributed by atoms with van der Waals surface area (Å²) in [4.78, 5) is 17.8. The molecule has 4 aromatic carbocycles. The van der Waals surface area contributed by atoms with E-state index in [0.29, 0.717) is 11.3 Å². The molecule has 3 nitrogen and oxygen atoms in total. The lowest BCUT2D eigenvalue weighted by atomic mass is 10.2. The third-order valence-electron chi connectivity index (χ3n) is 5.02. The van der Waals surface area contributed by atoms with Crippen LogP contribution in [0.5, 0.6) is 5.75 Å². The van der Waals surface area contributed by atoms with E-state index in [9.17, 15) is 9.00 Å². The lowest BCUT2D eigenvalue weighted by Gasteiger charge is -2.18. The Hall–Kier alpha value is -0.960. The summed E-state index contributed by atoms with van der Waals surface area (Å²) in [5.74, 6) is 0.206. The Morgan fingerprint density at radius 3 is 1.82 bits per heavy atom. The number of rotatable bonds is 3. The van der Waals surface area contributed by atoms with Gasteiger partial charge in [-0.2, -0.15) is 0 Å². The molecule has 0 unspecified atom stereocenters. The van der Waals surface area contributed by atoms with Crippen LogP contribution in [0.3, 0.4) is 0 Å². The predicted octanol–water partition coefficient (Wildman–Crippen LogP) is 7.30. The molecule has 0 atom stereocenters. The summed E-state index contributed by atoms with van der Waals surface area (Å²) in [6.07, 6.45) is 0. The zero-order valence-electron chi connectivity index (χ0n) is 16.8. The minimum atomic E-state index is -1.19. The summed E-state index contributed by atoms with van der Waals surface area (Å²) in [7, 11) is -1.59. The first-order valence-corrected chi connectivity index (χ1v) is 15.4. The summed E-state index contributed by atoms with van der Waals surface area (Å²) in [6.45, 7) is 0. The van der Waals surface area contributed by atoms with Crippen LogP contribution in [0.2, 0.25) is 0 Å². The molecule has 33 heavy (non-hydrogen) atoms. The Morgan fingerprint density at radius 1 is 0.758 bits per heavy atom. The monoisotopic (exact) mass is 807 g/mol. The Morgan fingerprint density at radius 2 is 1.27 bits per heavy atom. The molecule has 0 amide bonds. The van der Waals surface area contributed by atoms with Crippen molar-refractivity contribution in [2.45, 2.75) is 24.5 Å². The smallest absolute Gasteiger partial charge is 0.343 e. The molecule has 0 fully saturated rings. The van der Waals surface area contributed by atoms with Gasteiger partial charge >= 0.3 is 5.97 Å². The number of hydrogen-bond donors (Lipinski definition) is 0. The van der Waals surface area contributed by atoms with E-state index in [1.165, 1.54) is 0 Å². The van der Waals surface area contributed by atoms with Gasteiger partial charge in [-0.3, -0.25) is 0 Å². The van der Waals surface area contributed by atoms with Gasteiger partial charge in [-0.05, 0) is 128 Å². The van der Waals surface area contributed by atoms with Crippen molar-refractivity contribution in [2.24, 2.45) is 0 Å². The van der Waals surface area contributed by atoms with E-state index in [2.05, 4.69) is 79.9 Å². The highest BCUT2D eigenvalue weighted by atomic mass is 127. The topological polar surface area (TPSA) is 43.4 Å². The molecule has 0 radical (unpaired) electrons. The van der Waals surface area contributed by atoms with Crippen molar-refractivity contribution in [3.05, 3.63) is 101 Å². The number of fused-ring (bicyclic) bond motifs is 2. The van der Waals surface area contributed by atoms with E-state index in [-0.39, 0.29) is 5.97 Å². The van der Waals surface area contributed by atoms with Crippen LogP contribution < -0.4 is 4.74 Å². The number of esters is 1. The van der Waals surface area contributed by atoms with Crippen molar-refractivity contribution >= 4 is 95.4 Å². The fraction of sp³-hybridized carbons (Fsp3) is 0. The molecule has 0 N–H and O–H groups in total. The molecule has 1 aliphatic heterocycles. The Bertz CT molecular complexity index is 1350. The first-order chi connectivity index (χ1) is 15.9. The van der Waals surface area contributed by atoms with Gasteiger partial charge in [0.1, 0.15) is 10.9 Å². The van der Waals surface area contributed by atoms with E-state index in [1.54, 1.807) is 0 Å². The van der Waals surface area contributed by atoms with Gasteiger partial charge in [0.15, 0.2) is 20.4 Å². The minimum absolute atomic E-state index is 0.382. The molecule has 4 aromatic rings. The molecule has 0 aromatic heterocycles. The molecule has 0 aliphatic carbocycles. The van der Waals surface area contributed by atoms with Gasteiger partial charge in [-0.25, -0.2) is 9.00 Å². The van der Waals surface area contributed by atoms with E-state index in [1.807, 2.05) is 72.8 Å². The molecule has 5 rings (SSSR count). The number of hydrogen-bond acceptors (Lipinski definition) is 3. The molecular formula is C25H14I3O3S2+. The van der Waals surface area contributed by atoms with Crippen LogP contribution in [0.15, 0.2) is 109 Å². The first-order valence-electron chi connectivity index (χ1n) is 9.75. The molecule has 0 saturated heterocycles. The van der Waals surface area contributed by atoms with Crippen molar-refractivity contribution in [1.29, 1.82) is 0 Å². The van der Waals surface area contributed by atoms with E-state index < -0.39 is 21.7 Å². The van der Waals surface area contributed by atoms with E-state index in [4.69, 9.17) is 4.74 Å². The lowest BCUT2D eigenvalue weighted by molar-refractivity contribution is 0.0732. The van der Waals surface area contributed by atoms with Crippen molar-refractivity contribution in [1.82, 2.24) is 0 Å². The second-order valence-electron chi connectivity index (χ2n) is 7.08. The van der Waals surface area contributed by atoms with Gasteiger partial charge in [-0.15, -0.1) is 0 Å². The van der Waals surface area contributed by atoms with Crippen LogP contribution in [0, 0.1) is 10.7 Å². The lowest BCUT2D eigenvalue weighted by Crippen LogP contribution is -2.17. The Labute approximate surface area is 237 Å². The van der Waals surface area contributed by atoms with Crippen molar-refractivity contribution in [2.75, 3.05) is 0 Å². The van der Waals surface area contributed by atoms with Crippen LogP contribution in [0.4, 0.5) is 0 Å². The van der Waals surface area contributed by atoms with Gasteiger partial charge in [0.2, 0.25) is 0 Å². The maximum atomic E-state index is 13.1. The molecule has 164 valence electrons. The Kier molecular flexibility index (Phi) is 7.17. The summed E-state index contributed by atoms with van der Waals surface area (Å²) in [5, 5.41) is 0. The van der Waals surface area contributed by atoms with Gasteiger partial charge in [0.05, 0.1) is 33.3 Å². The molecule has 1 aliphatic rings. The largest absolute Gasteiger partial charge is 0.421 e. The third kappa shape index (κ3) is 4.65. The zero-order valence-corrected chi connectivity index (χ0v) is 24.9. The SMILES string of the molecule is O=C(Oc1c(I)cc(I)cc1I)c1ccc([S+]2c3ccccc3S(=O)c3ccccc32)cc1. The fourth-order valence-electron chi connectivity index (χ4n) is 3.54. The van der Waals surface area contributed by atoms with Crippen molar-refractivity contribution in [3.63, 3.8) is 0 Å². The van der Waals surface area contributed by atoms with Crippen molar-refractivity contribution < 1.29 is 13.7 Å². The maximum absolute atomic E-state index is 13.1. The first kappa shape index (κ1) is 23.8. The average molecular weight is 807 g/mol.